The van der Waals surface area contributed by atoms with Crippen molar-refractivity contribution >= 4 is 12.0 Å². The minimum Gasteiger partial charge on any atom is -0.461 e. The molecule has 0 aliphatic rings. The third-order valence-electron chi connectivity index (χ3n) is 4.98. The van der Waals surface area contributed by atoms with Crippen molar-refractivity contribution < 1.29 is 28.2 Å². The first-order chi connectivity index (χ1) is 16.1. The highest BCUT2D eigenvalue weighted by Gasteiger charge is 2.15. The van der Waals surface area contributed by atoms with E-state index >= 15 is 0 Å². The Hall–Kier alpha value is -4.03. The third-order valence-corrected chi connectivity index (χ3v) is 4.98. The number of hydrogen-bond acceptors (Lipinski definition) is 4. The van der Waals surface area contributed by atoms with Crippen LogP contribution >= 0.6 is 0 Å². The molecule has 3 aromatic carbocycles. The van der Waals surface area contributed by atoms with Gasteiger partial charge >= 0.3 is 5.97 Å². The fraction of sp³-hybridized carbons (Fsp3) is 0.107. The highest BCUT2D eigenvalue weighted by Crippen LogP contribution is 2.34. The van der Waals surface area contributed by atoms with Crippen LogP contribution in [-0.4, -0.2) is 17.4 Å². The van der Waals surface area contributed by atoms with Crippen LogP contribution in [-0.2, 0) is 4.79 Å². The largest absolute Gasteiger partial charge is 0.461 e. The maximum atomic E-state index is 14.8. The molecule has 0 aliphatic heterocycles. The number of aliphatic hydroxyl groups excluding tert-OH is 1. The van der Waals surface area contributed by atoms with E-state index in [1.165, 1.54) is 37.3 Å². The molecule has 0 fully saturated rings. The summed E-state index contributed by atoms with van der Waals surface area (Å²) in [6.07, 6.45) is 0.314. The average Bonchev–Trinajstić information content (AvgIpc) is 2.79. The number of rotatable bonds is 8. The second-order valence-electron chi connectivity index (χ2n) is 7.78. The van der Waals surface area contributed by atoms with Gasteiger partial charge in [0.2, 0.25) is 6.29 Å². The molecule has 1 unspecified atom stereocenters. The van der Waals surface area contributed by atoms with Crippen LogP contribution in [0.4, 0.5) is 8.78 Å². The Morgan fingerprint density at radius 3 is 2.09 bits per heavy atom. The molecule has 3 rings (SSSR count). The molecule has 0 saturated heterocycles. The number of carbonyl (C=O) groups is 1. The number of aliphatic hydroxyl groups is 1. The number of carbonyl (C=O) groups excluding carboxylic acids is 1. The van der Waals surface area contributed by atoms with Crippen LogP contribution < -0.4 is 9.47 Å². The van der Waals surface area contributed by atoms with Crippen molar-refractivity contribution in [2.75, 3.05) is 0 Å². The molecule has 6 heteroatoms. The van der Waals surface area contributed by atoms with Crippen LogP contribution in [0.2, 0.25) is 0 Å². The van der Waals surface area contributed by atoms with Crippen molar-refractivity contribution in [2.45, 2.75) is 20.1 Å². The fourth-order valence-corrected chi connectivity index (χ4v) is 3.15. The number of ether oxygens (including phenoxy) is 2. The van der Waals surface area contributed by atoms with Crippen LogP contribution in [0.15, 0.2) is 85.5 Å². The zero-order valence-electron chi connectivity index (χ0n) is 18.9. The Morgan fingerprint density at radius 2 is 1.50 bits per heavy atom. The molecule has 0 aliphatic carbocycles. The second-order valence-corrected chi connectivity index (χ2v) is 7.78. The Labute approximate surface area is 197 Å². The minimum absolute atomic E-state index is 0.0622. The van der Waals surface area contributed by atoms with E-state index in [2.05, 4.69) is 19.7 Å². The van der Waals surface area contributed by atoms with Crippen LogP contribution in [0.5, 0.6) is 11.5 Å². The molecule has 0 aromatic heterocycles. The quantitative estimate of drug-likeness (QED) is 0.133. The molecule has 0 spiro atoms. The third kappa shape index (κ3) is 5.47. The molecule has 0 bridgehead atoms. The number of hydrogen-bond donors (Lipinski definition) is 1. The van der Waals surface area contributed by atoms with E-state index in [1.54, 1.807) is 31.2 Å². The molecule has 0 radical (unpaired) electrons. The molecule has 1 atom stereocenters. The van der Waals surface area contributed by atoms with Gasteiger partial charge in [0.1, 0.15) is 23.1 Å². The van der Waals surface area contributed by atoms with Crippen molar-refractivity contribution in [2.24, 2.45) is 0 Å². The molecular formula is C28H24F2O4. The summed E-state index contributed by atoms with van der Waals surface area (Å²) in [5.74, 6) is -1.56. The van der Waals surface area contributed by atoms with Crippen LogP contribution in [0, 0.1) is 11.6 Å². The summed E-state index contributed by atoms with van der Waals surface area (Å²) >= 11 is 0. The molecule has 0 saturated carbocycles. The molecule has 0 amide bonds. The van der Waals surface area contributed by atoms with Crippen LogP contribution in [0.3, 0.4) is 0 Å². The lowest BCUT2D eigenvalue weighted by Gasteiger charge is -2.15. The van der Waals surface area contributed by atoms with E-state index in [-0.39, 0.29) is 22.6 Å². The second kappa shape index (κ2) is 10.3. The van der Waals surface area contributed by atoms with Gasteiger partial charge in [0.15, 0.2) is 0 Å². The zero-order valence-corrected chi connectivity index (χ0v) is 18.9. The first kappa shape index (κ1) is 24.6. The van der Waals surface area contributed by atoms with Gasteiger partial charge < -0.3 is 14.6 Å². The van der Waals surface area contributed by atoms with E-state index in [4.69, 9.17) is 9.47 Å². The van der Waals surface area contributed by atoms with Crippen molar-refractivity contribution in [1.29, 1.82) is 0 Å². The average molecular weight is 462 g/mol. The molecule has 4 nitrogen and oxygen atoms in total. The number of esters is 1. The van der Waals surface area contributed by atoms with Crippen molar-refractivity contribution in [1.82, 2.24) is 0 Å². The first-order valence-electron chi connectivity index (χ1n) is 10.3. The Kier molecular flexibility index (Phi) is 7.44. The summed E-state index contributed by atoms with van der Waals surface area (Å²) in [6.45, 7) is 14.0. The lowest BCUT2D eigenvalue weighted by atomic mass is 9.94. The normalized spacial score (nSPS) is 11.4. The van der Waals surface area contributed by atoms with Gasteiger partial charge in [-0.25, -0.2) is 13.6 Å². The van der Waals surface area contributed by atoms with Crippen molar-refractivity contribution in [3.05, 3.63) is 103 Å². The van der Waals surface area contributed by atoms with Gasteiger partial charge in [-0.05, 0) is 66.4 Å². The highest BCUT2D eigenvalue weighted by atomic mass is 19.1. The monoisotopic (exact) mass is 462 g/mol. The Bertz CT molecular complexity index is 1290. The highest BCUT2D eigenvalue weighted by molar-refractivity contribution is 5.89. The van der Waals surface area contributed by atoms with Gasteiger partial charge in [0.05, 0.1) is 0 Å². The standard InChI is InChI=1S/C28H24F2O4/c1-6-18-13-19(23-11-8-20(14-25(23)29)33-27(31)16(2)3)7-10-22(18)24-12-9-21(15-26(24)30)34-28(32)17(4)5/h6-15,27,31H,1-2,4H2,3,5H3. The molecule has 1 N–H and O–H groups in total. The Morgan fingerprint density at radius 1 is 0.912 bits per heavy atom. The van der Waals surface area contributed by atoms with Gasteiger partial charge in [0.25, 0.3) is 0 Å². The summed E-state index contributed by atoms with van der Waals surface area (Å²) in [4.78, 5) is 11.7. The predicted octanol–water partition coefficient (Wildman–Crippen LogP) is 6.70. The maximum Gasteiger partial charge on any atom is 0.338 e. The van der Waals surface area contributed by atoms with Gasteiger partial charge in [-0.3, -0.25) is 0 Å². The number of benzene rings is 3. The fourth-order valence-electron chi connectivity index (χ4n) is 3.15. The summed E-state index contributed by atoms with van der Waals surface area (Å²) in [6, 6.07) is 13.4. The first-order valence-corrected chi connectivity index (χ1v) is 10.3. The lowest BCUT2D eigenvalue weighted by Crippen LogP contribution is -2.16. The van der Waals surface area contributed by atoms with E-state index < -0.39 is 23.9 Å². The van der Waals surface area contributed by atoms with E-state index in [0.717, 1.165) is 6.07 Å². The predicted molar refractivity (Wildman–Crippen MR) is 129 cm³/mol. The molecular weight excluding hydrogens is 438 g/mol. The molecule has 34 heavy (non-hydrogen) atoms. The molecule has 174 valence electrons. The van der Waals surface area contributed by atoms with E-state index in [1.807, 2.05) is 0 Å². The topological polar surface area (TPSA) is 55.8 Å². The van der Waals surface area contributed by atoms with Crippen LogP contribution in [0.1, 0.15) is 19.4 Å². The SMILES string of the molecule is C=Cc1cc(-c2ccc(OC(O)C(=C)C)cc2F)ccc1-c1ccc(OC(=O)C(=C)C)cc1F. The van der Waals surface area contributed by atoms with Crippen LogP contribution in [0.25, 0.3) is 28.3 Å². The number of halogens is 2. The zero-order chi connectivity index (χ0) is 25.0. The lowest BCUT2D eigenvalue weighted by molar-refractivity contribution is -0.130. The minimum atomic E-state index is -1.23. The summed E-state index contributed by atoms with van der Waals surface area (Å²) in [5.41, 5.74) is 2.84. The summed E-state index contributed by atoms with van der Waals surface area (Å²) < 4.78 is 40.0. The summed E-state index contributed by atoms with van der Waals surface area (Å²) in [5, 5.41) is 9.76. The van der Waals surface area contributed by atoms with Crippen molar-refractivity contribution in [3.8, 4) is 33.8 Å². The van der Waals surface area contributed by atoms with Gasteiger partial charge in [0, 0.05) is 28.8 Å². The molecule has 3 aromatic rings. The van der Waals surface area contributed by atoms with Crippen molar-refractivity contribution in [3.63, 3.8) is 0 Å². The smallest absolute Gasteiger partial charge is 0.338 e. The van der Waals surface area contributed by atoms with E-state index in [0.29, 0.717) is 27.8 Å². The van der Waals surface area contributed by atoms with Gasteiger partial charge in [-0.2, -0.15) is 0 Å². The maximum absolute atomic E-state index is 14.8. The Balaban J connectivity index is 1.92. The van der Waals surface area contributed by atoms with E-state index in [9.17, 15) is 18.7 Å². The summed E-state index contributed by atoms with van der Waals surface area (Å²) in [7, 11) is 0. The van der Waals surface area contributed by atoms with Gasteiger partial charge in [-0.15, -0.1) is 0 Å². The van der Waals surface area contributed by atoms with Gasteiger partial charge in [-0.1, -0.05) is 37.9 Å². The molecule has 0 heterocycles.